The van der Waals surface area contributed by atoms with Crippen molar-refractivity contribution in [3.05, 3.63) is 36.8 Å². The molecule has 0 amide bonds. The summed E-state index contributed by atoms with van der Waals surface area (Å²) in [5, 5.41) is 15.3. The number of rotatable bonds is 6. The molecule has 2 aromatic rings. The van der Waals surface area contributed by atoms with Crippen molar-refractivity contribution in [2.45, 2.75) is 12.6 Å². The molecule has 1 fully saturated rings. The molecule has 0 bridgehead atoms. The quantitative estimate of drug-likeness (QED) is 0.834. The monoisotopic (exact) mass is 288 g/mol. The molecule has 2 aromatic heterocycles. The van der Waals surface area contributed by atoms with Gasteiger partial charge in [0, 0.05) is 44.8 Å². The van der Waals surface area contributed by atoms with Gasteiger partial charge in [0.2, 0.25) is 0 Å². The van der Waals surface area contributed by atoms with Crippen LogP contribution >= 0.6 is 0 Å². The van der Waals surface area contributed by atoms with Crippen LogP contribution in [0.4, 0.5) is 5.82 Å². The standard InChI is InChI=1S/C14H20N6O/c1-3-14(18-16-4-1)15-11-13-12-19(9-10-21-13)7-8-20-6-2-5-17-20/h1-6,13H,7-12H2,(H,15,18)/t13-/m0/s1. The lowest BCUT2D eigenvalue weighted by molar-refractivity contribution is -0.0222. The van der Waals surface area contributed by atoms with E-state index in [-0.39, 0.29) is 6.10 Å². The topological polar surface area (TPSA) is 68.1 Å². The fourth-order valence-electron chi connectivity index (χ4n) is 2.40. The summed E-state index contributed by atoms with van der Waals surface area (Å²) in [5.41, 5.74) is 0. The molecule has 1 atom stereocenters. The number of aromatic nitrogens is 4. The average molecular weight is 288 g/mol. The number of nitrogens with one attached hydrogen (secondary N) is 1. The van der Waals surface area contributed by atoms with Crippen LogP contribution in [-0.4, -0.2) is 63.8 Å². The van der Waals surface area contributed by atoms with Crippen molar-refractivity contribution in [2.75, 3.05) is 38.1 Å². The van der Waals surface area contributed by atoms with Crippen molar-refractivity contribution in [3.8, 4) is 0 Å². The molecule has 1 aliphatic heterocycles. The molecule has 0 aliphatic carbocycles. The third kappa shape index (κ3) is 4.24. The van der Waals surface area contributed by atoms with Crippen molar-refractivity contribution in [2.24, 2.45) is 0 Å². The first-order valence-corrected chi connectivity index (χ1v) is 7.23. The second kappa shape index (κ2) is 7.14. The molecule has 3 heterocycles. The molecule has 0 aromatic carbocycles. The van der Waals surface area contributed by atoms with Crippen molar-refractivity contribution >= 4 is 5.82 Å². The highest BCUT2D eigenvalue weighted by molar-refractivity contribution is 5.31. The first-order chi connectivity index (χ1) is 10.4. The van der Waals surface area contributed by atoms with Crippen molar-refractivity contribution in [3.63, 3.8) is 0 Å². The molecule has 3 rings (SSSR count). The maximum absolute atomic E-state index is 5.79. The SMILES string of the molecule is c1cnnc(NC[C@H]2CN(CCn3cccn3)CCO2)c1. The van der Waals surface area contributed by atoms with Gasteiger partial charge in [0.15, 0.2) is 0 Å². The Balaban J connectivity index is 1.42. The minimum Gasteiger partial charge on any atom is -0.374 e. The zero-order valence-corrected chi connectivity index (χ0v) is 11.9. The molecule has 0 unspecified atom stereocenters. The Morgan fingerprint density at radius 3 is 3.10 bits per heavy atom. The number of morpholine rings is 1. The summed E-state index contributed by atoms with van der Waals surface area (Å²) in [6, 6.07) is 5.73. The van der Waals surface area contributed by atoms with E-state index in [0.29, 0.717) is 0 Å². The van der Waals surface area contributed by atoms with Gasteiger partial charge < -0.3 is 10.1 Å². The van der Waals surface area contributed by atoms with E-state index in [4.69, 9.17) is 4.74 Å². The molecule has 21 heavy (non-hydrogen) atoms. The summed E-state index contributed by atoms with van der Waals surface area (Å²) in [6.45, 7) is 5.32. The van der Waals surface area contributed by atoms with Crippen molar-refractivity contribution in [1.29, 1.82) is 0 Å². The molecule has 0 spiro atoms. The highest BCUT2D eigenvalue weighted by Crippen LogP contribution is 2.07. The van der Waals surface area contributed by atoms with Gasteiger partial charge in [-0.3, -0.25) is 9.58 Å². The largest absolute Gasteiger partial charge is 0.374 e. The number of hydrogen-bond acceptors (Lipinski definition) is 6. The van der Waals surface area contributed by atoms with Crippen LogP contribution in [0.25, 0.3) is 0 Å². The van der Waals surface area contributed by atoms with E-state index in [9.17, 15) is 0 Å². The zero-order valence-electron chi connectivity index (χ0n) is 11.9. The summed E-state index contributed by atoms with van der Waals surface area (Å²) >= 11 is 0. The molecular weight excluding hydrogens is 268 g/mol. The van der Waals surface area contributed by atoms with Gasteiger partial charge in [-0.05, 0) is 18.2 Å². The fraction of sp³-hybridized carbons (Fsp3) is 0.500. The Morgan fingerprint density at radius 2 is 2.29 bits per heavy atom. The van der Waals surface area contributed by atoms with E-state index in [0.717, 1.165) is 45.1 Å². The maximum atomic E-state index is 5.79. The summed E-state index contributed by atoms with van der Waals surface area (Å²) < 4.78 is 7.75. The molecule has 7 heteroatoms. The maximum Gasteiger partial charge on any atom is 0.148 e. The van der Waals surface area contributed by atoms with E-state index in [1.54, 1.807) is 6.20 Å². The normalized spacial score (nSPS) is 19.5. The van der Waals surface area contributed by atoms with Gasteiger partial charge in [-0.2, -0.15) is 10.2 Å². The van der Waals surface area contributed by atoms with Crippen LogP contribution in [0.5, 0.6) is 0 Å². The third-order valence-corrected chi connectivity index (χ3v) is 3.51. The van der Waals surface area contributed by atoms with E-state index in [1.807, 2.05) is 35.3 Å². The molecule has 1 aliphatic rings. The molecule has 1 N–H and O–H groups in total. The van der Waals surface area contributed by atoms with Crippen molar-refractivity contribution in [1.82, 2.24) is 24.9 Å². The summed E-state index contributed by atoms with van der Waals surface area (Å²) in [4.78, 5) is 2.41. The molecule has 112 valence electrons. The molecule has 1 saturated heterocycles. The number of anilines is 1. The van der Waals surface area contributed by atoms with E-state index >= 15 is 0 Å². The van der Waals surface area contributed by atoms with Crippen LogP contribution in [0.15, 0.2) is 36.8 Å². The van der Waals surface area contributed by atoms with Gasteiger partial charge in [0.1, 0.15) is 5.82 Å². The fourth-order valence-corrected chi connectivity index (χ4v) is 2.40. The van der Waals surface area contributed by atoms with E-state index in [2.05, 4.69) is 25.5 Å². The van der Waals surface area contributed by atoms with Crippen LogP contribution in [0, 0.1) is 0 Å². The predicted molar refractivity (Wildman–Crippen MR) is 78.9 cm³/mol. The van der Waals surface area contributed by atoms with E-state index < -0.39 is 0 Å². The Hall–Kier alpha value is -1.99. The Kier molecular flexibility index (Phi) is 4.75. The minimum absolute atomic E-state index is 0.179. The molecule has 0 radical (unpaired) electrons. The first kappa shape index (κ1) is 14.0. The Morgan fingerprint density at radius 1 is 1.29 bits per heavy atom. The molecule has 0 saturated carbocycles. The number of hydrogen-bond donors (Lipinski definition) is 1. The number of ether oxygens (including phenoxy) is 1. The van der Waals surface area contributed by atoms with Crippen molar-refractivity contribution < 1.29 is 4.74 Å². The zero-order chi connectivity index (χ0) is 14.3. The lowest BCUT2D eigenvalue weighted by Crippen LogP contribution is -2.46. The highest BCUT2D eigenvalue weighted by Gasteiger charge is 2.20. The summed E-state index contributed by atoms with van der Waals surface area (Å²) in [7, 11) is 0. The molecular formula is C14H20N6O. The number of nitrogens with zero attached hydrogens (tertiary/aromatic N) is 5. The third-order valence-electron chi connectivity index (χ3n) is 3.51. The minimum atomic E-state index is 0.179. The van der Waals surface area contributed by atoms with Gasteiger partial charge in [0.25, 0.3) is 0 Å². The van der Waals surface area contributed by atoms with Gasteiger partial charge >= 0.3 is 0 Å². The smallest absolute Gasteiger partial charge is 0.148 e. The first-order valence-electron chi connectivity index (χ1n) is 7.23. The van der Waals surface area contributed by atoms with Gasteiger partial charge in [0.05, 0.1) is 19.3 Å². The van der Waals surface area contributed by atoms with E-state index in [1.165, 1.54) is 0 Å². The van der Waals surface area contributed by atoms with Gasteiger partial charge in [-0.1, -0.05) is 0 Å². The predicted octanol–water partition coefficient (Wildman–Crippen LogP) is 0.486. The van der Waals surface area contributed by atoms with Crippen LogP contribution in [0.2, 0.25) is 0 Å². The van der Waals surface area contributed by atoms with Gasteiger partial charge in [-0.15, -0.1) is 5.10 Å². The van der Waals surface area contributed by atoms with Crippen LogP contribution in [0.1, 0.15) is 0 Å². The summed E-state index contributed by atoms with van der Waals surface area (Å²) in [6.07, 6.45) is 5.65. The van der Waals surface area contributed by atoms with Gasteiger partial charge in [-0.25, -0.2) is 0 Å². The lowest BCUT2D eigenvalue weighted by Gasteiger charge is -2.33. The van der Waals surface area contributed by atoms with Crippen LogP contribution < -0.4 is 5.32 Å². The second-order valence-corrected chi connectivity index (χ2v) is 5.05. The second-order valence-electron chi connectivity index (χ2n) is 5.05. The van der Waals surface area contributed by atoms with Crippen LogP contribution in [0.3, 0.4) is 0 Å². The average Bonchev–Trinajstić information content (AvgIpc) is 3.06. The Bertz CT molecular complexity index is 518. The van der Waals surface area contributed by atoms with Crippen LogP contribution in [-0.2, 0) is 11.3 Å². The lowest BCUT2D eigenvalue weighted by atomic mass is 10.2. The Labute approximate surface area is 123 Å². The summed E-state index contributed by atoms with van der Waals surface area (Å²) in [5.74, 6) is 0.787. The highest BCUT2D eigenvalue weighted by atomic mass is 16.5. The molecule has 7 nitrogen and oxygen atoms in total.